The number of unbranched alkanes of at least 4 members (excludes halogenated alkanes) is 2. The molecule has 0 aromatic carbocycles. The van der Waals surface area contributed by atoms with E-state index in [0.29, 0.717) is 6.04 Å². The molecule has 0 radical (unpaired) electrons. The minimum atomic E-state index is 0.613. The molecule has 0 spiro atoms. The Morgan fingerprint density at radius 1 is 1.45 bits per heavy atom. The van der Waals surface area contributed by atoms with E-state index in [1.54, 1.807) is 0 Å². The SMILES string of the molecule is CCCCCC(NN)C1CC1. The molecule has 0 aliphatic heterocycles. The highest BCUT2D eigenvalue weighted by atomic mass is 15.2. The fraction of sp³-hybridized carbons (Fsp3) is 1.00. The zero-order chi connectivity index (χ0) is 8.10. The minimum Gasteiger partial charge on any atom is -0.271 e. The van der Waals surface area contributed by atoms with Gasteiger partial charge in [-0.3, -0.25) is 11.3 Å². The van der Waals surface area contributed by atoms with Crippen LogP contribution in [0.1, 0.15) is 45.4 Å². The molecule has 0 aromatic heterocycles. The monoisotopic (exact) mass is 156 g/mol. The zero-order valence-corrected chi connectivity index (χ0v) is 7.47. The lowest BCUT2D eigenvalue weighted by molar-refractivity contribution is 0.427. The summed E-state index contributed by atoms with van der Waals surface area (Å²) in [5.74, 6) is 6.35. The maximum absolute atomic E-state index is 5.45. The predicted octanol–water partition coefficient (Wildman–Crippen LogP) is 1.81. The topological polar surface area (TPSA) is 38.0 Å². The van der Waals surface area contributed by atoms with Crippen molar-refractivity contribution in [1.29, 1.82) is 0 Å². The van der Waals surface area contributed by atoms with Crippen molar-refractivity contribution in [2.24, 2.45) is 11.8 Å². The molecule has 1 aliphatic rings. The standard InChI is InChI=1S/C9H20N2/c1-2-3-4-5-9(11-10)8-6-7-8/h8-9,11H,2-7,10H2,1H3. The summed E-state index contributed by atoms with van der Waals surface area (Å²) in [6, 6.07) is 0.613. The summed E-state index contributed by atoms with van der Waals surface area (Å²) in [6.45, 7) is 2.24. The lowest BCUT2D eigenvalue weighted by Crippen LogP contribution is -2.36. The number of hydrogen-bond donors (Lipinski definition) is 2. The van der Waals surface area contributed by atoms with Crippen LogP contribution in [0.25, 0.3) is 0 Å². The van der Waals surface area contributed by atoms with Crippen LogP contribution in [0, 0.1) is 5.92 Å². The van der Waals surface area contributed by atoms with Gasteiger partial charge in [0.15, 0.2) is 0 Å². The Balaban J connectivity index is 2.01. The molecule has 1 aliphatic carbocycles. The van der Waals surface area contributed by atoms with Gasteiger partial charge in [-0.2, -0.15) is 0 Å². The first kappa shape index (κ1) is 9.01. The molecule has 0 bridgehead atoms. The van der Waals surface area contributed by atoms with Crippen molar-refractivity contribution in [3.05, 3.63) is 0 Å². The van der Waals surface area contributed by atoms with Gasteiger partial charge in [0, 0.05) is 6.04 Å². The van der Waals surface area contributed by atoms with Gasteiger partial charge in [-0.25, -0.2) is 0 Å². The third-order valence-corrected chi connectivity index (χ3v) is 2.52. The van der Waals surface area contributed by atoms with E-state index in [-0.39, 0.29) is 0 Å². The molecule has 0 saturated heterocycles. The first-order valence-electron chi connectivity index (χ1n) is 4.84. The molecule has 1 fully saturated rings. The molecule has 1 unspecified atom stereocenters. The quantitative estimate of drug-likeness (QED) is 0.349. The smallest absolute Gasteiger partial charge is 0.0238 e. The molecular weight excluding hydrogens is 136 g/mol. The molecule has 2 heteroatoms. The van der Waals surface area contributed by atoms with E-state index >= 15 is 0 Å². The van der Waals surface area contributed by atoms with Crippen LogP contribution in [-0.4, -0.2) is 6.04 Å². The highest BCUT2D eigenvalue weighted by Crippen LogP contribution is 2.34. The Morgan fingerprint density at radius 2 is 2.18 bits per heavy atom. The molecular formula is C9H20N2. The van der Waals surface area contributed by atoms with Crippen molar-refractivity contribution in [2.75, 3.05) is 0 Å². The van der Waals surface area contributed by atoms with Crippen molar-refractivity contribution < 1.29 is 0 Å². The van der Waals surface area contributed by atoms with Gasteiger partial charge < -0.3 is 0 Å². The lowest BCUT2D eigenvalue weighted by Gasteiger charge is -2.13. The second-order valence-corrected chi connectivity index (χ2v) is 3.61. The van der Waals surface area contributed by atoms with Crippen molar-refractivity contribution in [2.45, 2.75) is 51.5 Å². The van der Waals surface area contributed by atoms with E-state index in [0.717, 1.165) is 5.92 Å². The van der Waals surface area contributed by atoms with Crippen molar-refractivity contribution in [3.8, 4) is 0 Å². The van der Waals surface area contributed by atoms with Gasteiger partial charge in [0.05, 0.1) is 0 Å². The van der Waals surface area contributed by atoms with Crippen LogP contribution in [0.5, 0.6) is 0 Å². The molecule has 0 heterocycles. The van der Waals surface area contributed by atoms with Gasteiger partial charge in [0.25, 0.3) is 0 Å². The molecule has 3 N–H and O–H groups in total. The first-order chi connectivity index (χ1) is 5.38. The Hall–Kier alpha value is -0.0800. The van der Waals surface area contributed by atoms with E-state index in [2.05, 4.69) is 12.3 Å². The lowest BCUT2D eigenvalue weighted by atomic mass is 10.1. The van der Waals surface area contributed by atoms with Crippen LogP contribution in [0.2, 0.25) is 0 Å². The summed E-state index contributed by atoms with van der Waals surface area (Å²) in [7, 11) is 0. The van der Waals surface area contributed by atoms with E-state index < -0.39 is 0 Å². The Bertz CT molecular complexity index is 99.7. The molecule has 66 valence electrons. The number of nitrogens with one attached hydrogen (secondary N) is 1. The Morgan fingerprint density at radius 3 is 2.64 bits per heavy atom. The summed E-state index contributed by atoms with van der Waals surface area (Å²) >= 11 is 0. The van der Waals surface area contributed by atoms with E-state index in [1.807, 2.05) is 0 Å². The highest BCUT2D eigenvalue weighted by molar-refractivity contribution is 4.84. The molecule has 1 atom stereocenters. The van der Waals surface area contributed by atoms with E-state index in [9.17, 15) is 0 Å². The molecule has 11 heavy (non-hydrogen) atoms. The normalized spacial score (nSPS) is 20.2. The van der Waals surface area contributed by atoms with E-state index in [1.165, 1.54) is 38.5 Å². The van der Waals surface area contributed by atoms with Crippen LogP contribution in [-0.2, 0) is 0 Å². The maximum atomic E-state index is 5.45. The van der Waals surface area contributed by atoms with Crippen LogP contribution in [0.15, 0.2) is 0 Å². The van der Waals surface area contributed by atoms with Crippen molar-refractivity contribution in [1.82, 2.24) is 5.43 Å². The molecule has 2 nitrogen and oxygen atoms in total. The summed E-state index contributed by atoms with van der Waals surface area (Å²) in [5, 5.41) is 0. The van der Waals surface area contributed by atoms with Gasteiger partial charge in [-0.1, -0.05) is 26.2 Å². The second kappa shape index (κ2) is 4.73. The van der Waals surface area contributed by atoms with E-state index in [4.69, 9.17) is 5.84 Å². The van der Waals surface area contributed by atoms with Gasteiger partial charge in [-0.05, 0) is 25.2 Å². The second-order valence-electron chi connectivity index (χ2n) is 3.61. The zero-order valence-electron chi connectivity index (χ0n) is 7.47. The molecule has 0 aromatic rings. The average molecular weight is 156 g/mol. The van der Waals surface area contributed by atoms with Crippen LogP contribution in [0.3, 0.4) is 0 Å². The van der Waals surface area contributed by atoms with Gasteiger partial charge in [-0.15, -0.1) is 0 Å². The largest absolute Gasteiger partial charge is 0.271 e. The van der Waals surface area contributed by atoms with Gasteiger partial charge in [0.1, 0.15) is 0 Å². The third kappa shape index (κ3) is 3.21. The van der Waals surface area contributed by atoms with Gasteiger partial charge >= 0.3 is 0 Å². The van der Waals surface area contributed by atoms with Gasteiger partial charge in [0.2, 0.25) is 0 Å². The number of nitrogens with two attached hydrogens (primary N) is 1. The van der Waals surface area contributed by atoms with Crippen LogP contribution in [0.4, 0.5) is 0 Å². The van der Waals surface area contributed by atoms with Crippen molar-refractivity contribution >= 4 is 0 Å². The summed E-state index contributed by atoms with van der Waals surface area (Å²) < 4.78 is 0. The Labute approximate surface area is 69.5 Å². The summed E-state index contributed by atoms with van der Waals surface area (Å²) in [6.07, 6.45) is 8.05. The summed E-state index contributed by atoms with van der Waals surface area (Å²) in [5.41, 5.74) is 2.92. The van der Waals surface area contributed by atoms with Crippen molar-refractivity contribution in [3.63, 3.8) is 0 Å². The highest BCUT2D eigenvalue weighted by Gasteiger charge is 2.29. The Kier molecular flexibility index (Phi) is 3.87. The first-order valence-corrected chi connectivity index (χ1v) is 4.84. The predicted molar refractivity (Wildman–Crippen MR) is 48.0 cm³/mol. The minimum absolute atomic E-state index is 0.613. The summed E-state index contributed by atoms with van der Waals surface area (Å²) in [4.78, 5) is 0. The number of hydrazine groups is 1. The third-order valence-electron chi connectivity index (χ3n) is 2.52. The number of hydrogen-bond acceptors (Lipinski definition) is 2. The maximum Gasteiger partial charge on any atom is 0.0238 e. The number of rotatable bonds is 6. The molecule has 1 saturated carbocycles. The fourth-order valence-electron chi connectivity index (χ4n) is 1.57. The van der Waals surface area contributed by atoms with Crippen LogP contribution < -0.4 is 11.3 Å². The average Bonchev–Trinajstić information content (AvgIpc) is 2.81. The molecule has 1 rings (SSSR count). The molecule has 0 amide bonds. The fourth-order valence-corrected chi connectivity index (χ4v) is 1.57. The van der Waals surface area contributed by atoms with Crippen LogP contribution >= 0.6 is 0 Å².